The summed E-state index contributed by atoms with van der Waals surface area (Å²) in [6.45, 7) is 6.12. The Hall–Kier alpha value is -2.24. The molecule has 1 aromatic carbocycles. The van der Waals surface area contributed by atoms with Gasteiger partial charge in [-0.15, -0.1) is 0 Å². The van der Waals surface area contributed by atoms with Gasteiger partial charge in [0.15, 0.2) is 0 Å². The predicted molar refractivity (Wildman–Crippen MR) is 89.2 cm³/mol. The molecule has 0 aliphatic rings. The average Bonchev–Trinajstić information content (AvgIpc) is 2.59. The van der Waals surface area contributed by atoms with Crippen LogP contribution in [0.3, 0.4) is 0 Å². The van der Waals surface area contributed by atoms with Gasteiger partial charge in [-0.1, -0.05) is 18.2 Å². The molecule has 2 rings (SSSR count). The summed E-state index contributed by atoms with van der Waals surface area (Å²) in [7, 11) is 0. The molecule has 5 nitrogen and oxygen atoms in total. The fourth-order valence-electron chi connectivity index (χ4n) is 2.40. The lowest BCUT2D eigenvalue weighted by atomic mass is 10.1. The van der Waals surface area contributed by atoms with Crippen molar-refractivity contribution >= 4 is 5.91 Å². The van der Waals surface area contributed by atoms with Gasteiger partial charge in [0.05, 0.1) is 0 Å². The number of aromatic nitrogens is 1. The third-order valence-corrected chi connectivity index (χ3v) is 3.84. The van der Waals surface area contributed by atoms with Crippen molar-refractivity contribution in [1.29, 1.82) is 0 Å². The fraction of sp³-hybridized carbons (Fsp3) is 0.333. The number of hydrogen-bond donors (Lipinski definition) is 2. The predicted octanol–water partition coefficient (Wildman–Crippen LogP) is 2.65. The zero-order valence-electron chi connectivity index (χ0n) is 13.6. The first kappa shape index (κ1) is 17.1. The van der Waals surface area contributed by atoms with Crippen molar-refractivity contribution < 1.29 is 10.0 Å². The molecule has 2 N–H and O–H groups in total. The lowest BCUT2D eigenvalue weighted by Gasteiger charge is -2.26. The molecule has 0 radical (unpaired) electrons. The lowest BCUT2D eigenvalue weighted by Crippen LogP contribution is -2.32. The summed E-state index contributed by atoms with van der Waals surface area (Å²) in [5.74, 6) is -0.492. The van der Waals surface area contributed by atoms with E-state index in [1.807, 2.05) is 24.4 Å². The fourth-order valence-corrected chi connectivity index (χ4v) is 2.40. The highest BCUT2D eigenvalue weighted by molar-refractivity contribution is 5.93. The minimum Gasteiger partial charge on any atom is -0.296 e. The first-order valence-electron chi connectivity index (χ1n) is 7.76. The van der Waals surface area contributed by atoms with Crippen LogP contribution in [-0.2, 0) is 13.0 Å². The minimum absolute atomic E-state index is 0.423. The van der Waals surface area contributed by atoms with E-state index in [-0.39, 0.29) is 0 Å². The maximum absolute atomic E-state index is 11.3. The molecule has 0 aliphatic carbocycles. The van der Waals surface area contributed by atoms with E-state index in [9.17, 15) is 4.79 Å². The molecule has 0 atom stereocenters. The SMILES string of the molecule is CC(C)N(CCc1cccnc1)Cc1ccc(C(=O)NO)cc1. The number of amides is 1. The molecule has 0 bridgehead atoms. The summed E-state index contributed by atoms with van der Waals surface area (Å²) in [5, 5.41) is 8.64. The molecule has 0 spiro atoms. The molecule has 1 heterocycles. The smallest absolute Gasteiger partial charge is 0.274 e. The van der Waals surface area contributed by atoms with Crippen molar-refractivity contribution in [2.45, 2.75) is 32.9 Å². The van der Waals surface area contributed by atoms with E-state index < -0.39 is 5.91 Å². The van der Waals surface area contributed by atoms with Gasteiger partial charge in [0.1, 0.15) is 0 Å². The van der Waals surface area contributed by atoms with Crippen LogP contribution in [0.15, 0.2) is 48.8 Å². The number of nitrogens with one attached hydrogen (secondary N) is 1. The Morgan fingerprint density at radius 1 is 1.22 bits per heavy atom. The number of rotatable bonds is 7. The van der Waals surface area contributed by atoms with Gasteiger partial charge < -0.3 is 0 Å². The number of carbonyl (C=O) groups excluding carboxylic acids is 1. The number of pyridine rings is 1. The monoisotopic (exact) mass is 313 g/mol. The van der Waals surface area contributed by atoms with E-state index >= 15 is 0 Å². The first-order chi connectivity index (χ1) is 11.1. The van der Waals surface area contributed by atoms with Gasteiger partial charge in [-0.25, -0.2) is 5.48 Å². The molecular weight excluding hydrogens is 290 g/mol. The van der Waals surface area contributed by atoms with Crippen LogP contribution in [0.2, 0.25) is 0 Å². The molecule has 122 valence electrons. The number of carbonyl (C=O) groups is 1. The Bertz CT molecular complexity index is 612. The van der Waals surface area contributed by atoms with E-state index in [4.69, 9.17) is 5.21 Å². The highest BCUT2D eigenvalue weighted by Gasteiger charge is 2.11. The van der Waals surface area contributed by atoms with Crippen LogP contribution >= 0.6 is 0 Å². The van der Waals surface area contributed by atoms with Crippen molar-refractivity contribution in [3.63, 3.8) is 0 Å². The summed E-state index contributed by atoms with van der Waals surface area (Å²) >= 11 is 0. The quantitative estimate of drug-likeness (QED) is 0.609. The Kier molecular flexibility index (Phi) is 6.26. The summed E-state index contributed by atoms with van der Waals surface area (Å²) in [6.07, 6.45) is 4.64. The van der Waals surface area contributed by atoms with Gasteiger partial charge in [-0.05, 0) is 49.6 Å². The molecule has 1 aromatic heterocycles. The Balaban J connectivity index is 1.97. The zero-order chi connectivity index (χ0) is 16.7. The Morgan fingerprint density at radius 3 is 2.52 bits per heavy atom. The van der Waals surface area contributed by atoms with E-state index in [0.29, 0.717) is 11.6 Å². The normalized spacial score (nSPS) is 11.0. The molecular formula is C18H23N3O2. The van der Waals surface area contributed by atoms with Crippen molar-refractivity contribution in [3.05, 3.63) is 65.5 Å². The second kappa shape index (κ2) is 8.41. The molecule has 23 heavy (non-hydrogen) atoms. The average molecular weight is 313 g/mol. The molecule has 5 heteroatoms. The molecule has 2 aromatic rings. The van der Waals surface area contributed by atoms with Crippen molar-refractivity contribution in [1.82, 2.24) is 15.4 Å². The highest BCUT2D eigenvalue weighted by Crippen LogP contribution is 2.11. The van der Waals surface area contributed by atoms with Crippen LogP contribution in [0.1, 0.15) is 35.3 Å². The highest BCUT2D eigenvalue weighted by atomic mass is 16.5. The van der Waals surface area contributed by atoms with Crippen molar-refractivity contribution in [2.24, 2.45) is 0 Å². The van der Waals surface area contributed by atoms with Crippen LogP contribution in [0.5, 0.6) is 0 Å². The van der Waals surface area contributed by atoms with Gasteiger partial charge in [-0.2, -0.15) is 0 Å². The largest absolute Gasteiger partial charge is 0.296 e. The van der Waals surface area contributed by atoms with E-state index in [1.54, 1.807) is 23.8 Å². The Morgan fingerprint density at radius 2 is 1.96 bits per heavy atom. The number of nitrogens with zero attached hydrogens (tertiary/aromatic N) is 2. The maximum atomic E-state index is 11.3. The van der Waals surface area contributed by atoms with Gasteiger partial charge >= 0.3 is 0 Å². The summed E-state index contributed by atoms with van der Waals surface area (Å²) in [5.41, 5.74) is 4.46. The van der Waals surface area contributed by atoms with Gasteiger partial charge in [0.25, 0.3) is 5.91 Å². The van der Waals surface area contributed by atoms with Gasteiger partial charge in [0.2, 0.25) is 0 Å². The van der Waals surface area contributed by atoms with Crippen molar-refractivity contribution in [3.8, 4) is 0 Å². The van der Waals surface area contributed by atoms with E-state index in [1.165, 1.54) is 5.56 Å². The standard InChI is InChI=1S/C18H23N3O2/c1-14(2)21(11-9-15-4-3-10-19-12-15)13-16-5-7-17(8-6-16)18(22)20-23/h3-8,10,12,14,23H,9,11,13H2,1-2H3,(H,20,22). The number of benzene rings is 1. The molecule has 0 aliphatic heterocycles. The van der Waals surface area contributed by atoms with Gasteiger partial charge in [0, 0.05) is 37.1 Å². The molecule has 0 unspecified atom stereocenters. The third-order valence-electron chi connectivity index (χ3n) is 3.84. The zero-order valence-corrected chi connectivity index (χ0v) is 13.6. The maximum Gasteiger partial charge on any atom is 0.274 e. The molecule has 0 saturated carbocycles. The summed E-state index contributed by atoms with van der Waals surface area (Å²) in [6, 6.07) is 11.8. The summed E-state index contributed by atoms with van der Waals surface area (Å²) in [4.78, 5) is 17.9. The van der Waals surface area contributed by atoms with Crippen LogP contribution in [-0.4, -0.2) is 33.6 Å². The van der Waals surface area contributed by atoms with Crippen LogP contribution in [0.4, 0.5) is 0 Å². The topological polar surface area (TPSA) is 65.5 Å². The van der Waals surface area contributed by atoms with E-state index in [0.717, 1.165) is 25.1 Å². The van der Waals surface area contributed by atoms with Gasteiger partial charge in [-0.3, -0.25) is 19.9 Å². The van der Waals surface area contributed by atoms with Crippen molar-refractivity contribution in [2.75, 3.05) is 6.54 Å². The first-order valence-corrected chi connectivity index (χ1v) is 7.76. The van der Waals surface area contributed by atoms with Crippen LogP contribution in [0, 0.1) is 0 Å². The Labute approximate surface area is 136 Å². The second-order valence-corrected chi connectivity index (χ2v) is 5.81. The van der Waals surface area contributed by atoms with Crippen LogP contribution in [0.25, 0.3) is 0 Å². The van der Waals surface area contributed by atoms with Crippen LogP contribution < -0.4 is 5.48 Å². The summed E-state index contributed by atoms with van der Waals surface area (Å²) < 4.78 is 0. The third kappa shape index (κ3) is 5.16. The number of hydrogen-bond acceptors (Lipinski definition) is 4. The molecule has 1 amide bonds. The molecule has 0 fully saturated rings. The number of hydroxylamine groups is 1. The second-order valence-electron chi connectivity index (χ2n) is 5.81. The van der Waals surface area contributed by atoms with E-state index in [2.05, 4.69) is 29.8 Å². The lowest BCUT2D eigenvalue weighted by molar-refractivity contribution is 0.0706. The minimum atomic E-state index is -0.492. The molecule has 0 saturated heterocycles.